The van der Waals surface area contributed by atoms with E-state index in [1.54, 1.807) is 0 Å². The molecular formula is C58H42N2. The predicted octanol–water partition coefficient (Wildman–Crippen LogP) is 15.7. The molecule has 284 valence electrons. The molecule has 1 aliphatic rings. The van der Waals surface area contributed by atoms with Crippen molar-refractivity contribution in [1.29, 1.82) is 0 Å². The Labute approximate surface area is 351 Å². The first kappa shape index (κ1) is 35.5. The molecule has 11 rings (SSSR count). The van der Waals surface area contributed by atoms with E-state index in [1.807, 2.05) is 0 Å². The van der Waals surface area contributed by atoms with E-state index in [2.05, 4.69) is 246 Å². The maximum atomic E-state index is 2.39. The summed E-state index contributed by atoms with van der Waals surface area (Å²) >= 11 is 0. The predicted molar refractivity (Wildman–Crippen MR) is 254 cm³/mol. The monoisotopic (exact) mass is 766 g/mol. The van der Waals surface area contributed by atoms with Crippen molar-refractivity contribution in [3.8, 4) is 39.1 Å². The Hall–Kier alpha value is -7.68. The van der Waals surface area contributed by atoms with E-state index in [0.29, 0.717) is 5.92 Å². The number of para-hydroxylation sites is 2. The summed E-state index contributed by atoms with van der Waals surface area (Å²) in [5, 5.41) is 5.06. The molecule has 60 heavy (non-hydrogen) atoms. The average molecular weight is 767 g/mol. The van der Waals surface area contributed by atoms with E-state index in [1.165, 1.54) is 77.2 Å². The van der Waals surface area contributed by atoms with Gasteiger partial charge >= 0.3 is 0 Å². The van der Waals surface area contributed by atoms with Crippen molar-refractivity contribution in [3.05, 3.63) is 248 Å². The zero-order chi connectivity index (χ0) is 39.8. The van der Waals surface area contributed by atoms with Crippen molar-refractivity contribution in [2.24, 2.45) is 0 Å². The quantitative estimate of drug-likeness (QED) is 0.150. The van der Waals surface area contributed by atoms with E-state index in [-0.39, 0.29) is 0 Å². The highest BCUT2D eigenvalue weighted by molar-refractivity contribution is 6.09. The molecule has 1 heterocycles. The summed E-state index contributed by atoms with van der Waals surface area (Å²) in [6, 6.07) is 79.4. The van der Waals surface area contributed by atoms with Crippen LogP contribution in [-0.2, 0) is 0 Å². The minimum atomic E-state index is 0.364. The lowest BCUT2D eigenvalue weighted by Gasteiger charge is -2.29. The third-order valence-electron chi connectivity index (χ3n) is 12.1. The fourth-order valence-electron chi connectivity index (χ4n) is 9.14. The molecule has 1 unspecified atom stereocenters. The summed E-state index contributed by atoms with van der Waals surface area (Å²) in [5.41, 5.74) is 15.6. The van der Waals surface area contributed by atoms with Crippen molar-refractivity contribution >= 4 is 44.0 Å². The van der Waals surface area contributed by atoms with Gasteiger partial charge in [-0.25, -0.2) is 0 Å². The van der Waals surface area contributed by atoms with Crippen LogP contribution in [0.5, 0.6) is 0 Å². The zero-order valence-electron chi connectivity index (χ0n) is 33.2. The van der Waals surface area contributed by atoms with Crippen molar-refractivity contribution in [1.82, 2.24) is 4.57 Å². The molecule has 10 aromatic rings. The van der Waals surface area contributed by atoms with Crippen LogP contribution in [0.3, 0.4) is 0 Å². The summed E-state index contributed by atoms with van der Waals surface area (Å²) in [6.07, 6.45) is 7.99. The fraction of sp³-hybridized carbons (Fsp3) is 0.0345. The van der Waals surface area contributed by atoms with Gasteiger partial charge in [-0.05, 0) is 117 Å². The van der Waals surface area contributed by atoms with E-state index in [0.717, 1.165) is 23.5 Å². The molecule has 1 aliphatic carbocycles. The number of hydrogen-bond acceptors (Lipinski definition) is 1. The highest BCUT2D eigenvalue weighted by Gasteiger charge is 2.19. The van der Waals surface area contributed by atoms with Gasteiger partial charge in [0.2, 0.25) is 0 Å². The third-order valence-corrected chi connectivity index (χ3v) is 12.1. The number of benzene rings is 9. The number of nitrogens with zero attached hydrogens (tertiary/aromatic N) is 2. The number of allylic oxidation sites excluding steroid dienone is 3. The lowest BCUT2D eigenvalue weighted by Crippen LogP contribution is -2.17. The first-order valence-corrected chi connectivity index (χ1v) is 20.9. The average Bonchev–Trinajstić information content (AvgIpc) is 3.67. The van der Waals surface area contributed by atoms with Gasteiger partial charge in [0.15, 0.2) is 0 Å². The Bertz CT molecular complexity index is 3160. The van der Waals surface area contributed by atoms with Crippen LogP contribution in [0.15, 0.2) is 242 Å². The highest BCUT2D eigenvalue weighted by atomic mass is 15.1. The molecule has 0 saturated carbocycles. The van der Waals surface area contributed by atoms with Gasteiger partial charge in [0.1, 0.15) is 0 Å². The molecule has 0 bridgehead atoms. The lowest BCUT2D eigenvalue weighted by atomic mass is 9.91. The minimum absolute atomic E-state index is 0.364. The second-order valence-corrected chi connectivity index (χ2v) is 15.7. The van der Waals surface area contributed by atoms with Gasteiger partial charge < -0.3 is 9.47 Å². The minimum Gasteiger partial charge on any atom is -0.311 e. The molecule has 0 aliphatic heterocycles. The topological polar surface area (TPSA) is 8.17 Å². The highest BCUT2D eigenvalue weighted by Crippen LogP contribution is 2.39. The summed E-state index contributed by atoms with van der Waals surface area (Å²) < 4.78 is 2.39. The molecule has 2 nitrogen and oxygen atoms in total. The SMILES string of the molecule is C1=CC(c2ccccc2)CC=C1N(c1ccc(-c2cccc(-c3cccc(-n4c5ccccc5c5ccccc54)c3)c2)cc1)c1ccc(-c2cccc3ccccc23)cc1. The molecule has 0 saturated heterocycles. The number of anilines is 2. The molecular weight excluding hydrogens is 725 g/mol. The van der Waals surface area contributed by atoms with E-state index >= 15 is 0 Å². The fourth-order valence-corrected chi connectivity index (χ4v) is 9.14. The Morgan fingerprint density at radius 2 is 0.967 bits per heavy atom. The van der Waals surface area contributed by atoms with Crippen molar-refractivity contribution < 1.29 is 0 Å². The Balaban J connectivity index is 0.923. The van der Waals surface area contributed by atoms with E-state index in [4.69, 9.17) is 0 Å². The summed E-state index contributed by atoms with van der Waals surface area (Å²) in [4.78, 5) is 2.39. The maximum Gasteiger partial charge on any atom is 0.0541 e. The Kier molecular flexibility index (Phi) is 9.02. The second-order valence-electron chi connectivity index (χ2n) is 15.7. The van der Waals surface area contributed by atoms with Crippen LogP contribution < -0.4 is 4.90 Å². The number of hydrogen-bond donors (Lipinski definition) is 0. The van der Waals surface area contributed by atoms with Gasteiger partial charge in [-0.2, -0.15) is 0 Å². The van der Waals surface area contributed by atoms with Gasteiger partial charge in [0, 0.05) is 39.4 Å². The van der Waals surface area contributed by atoms with E-state index in [9.17, 15) is 0 Å². The van der Waals surface area contributed by atoms with Crippen LogP contribution in [0.2, 0.25) is 0 Å². The second kappa shape index (κ2) is 15.2. The zero-order valence-corrected chi connectivity index (χ0v) is 33.2. The smallest absolute Gasteiger partial charge is 0.0541 e. The lowest BCUT2D eigenvalue weighted by molar-refractivity contribution is 0.840. The molecule has 1 aromatic heterocycles. The molecule has 9 aromatic carbocycles. The maximum absolute atomic E-state index is 2.39. The summed E-state index contributed by atoms with van der Waals surface area (Å²) in [5.74, 6) is 0.364. The van der Waals surface area contributed by atoms with Gasteiger partial charge in [0.05, 0.1) is 11.0 Å². The standard InChI is InChI=1S/C58H42N2/c1-2-13-41(14-3-1)42-27-33-49(34-28-42)59(51-37-31-45(32-38-51)54-24-12-16-44-15-4-5-21-53(44)54)50-35-29-43(30-36-50)46-17-10-18-47(39-46)48-19-11-20-52(40-48)60-57-25-8-6-22-55(57)56-23-7-9-26-58(56)60/h1-27,29-40,42H,28H2. The molecule has 0 spiro atoms. The largest absolute Gasteiger partial charge is 0.311 e. The molecule has 0 fully saturated rings. The molecule has 0 radical (unpaired) electrons. The first-order valence-electron chi connectivity index (χ1n) is 20.9. The van der Waals surface area contributed by atoms with Crippen LogP contribution in [0.1, 0.15) is 17.9 Å². The molecule has 2 heteroatoms. The van der Waals surface area contributed by atoms with Crippen molar-refractivity contribution in [3.63, 3.8) is 0 Å². The first-order chi connectivity index (χ1) is 29.7. The van der Waals surface area contributed by atoms with Crippen LogP contribution in [0, 0.1) is 0 Å². The van der Waals surface area contributed by atoms with Crippen LogP contribution >= 0.6 is 0 Å². The van der Waals surface area contributed by atoms with Gasteiger partial charge in [0.25, 0.3) is 0 Å². The Morgan fingerprint density at radius 3 is 1.65 bits per heavy atom. The molecule has 0 amide bonds. The number of rotatable bonds is 8. The van der Waals surface area contributed by atoms with E-state index < -0.39 is 0 Å². The summed E-state index contributed by atoms with van der Waals surface area (Å²) in [6.45, 7) is 0. The molecule has 1 atom stereocenters. The van der Waals surface area contributed by atoms with Crippen LogP contribution in [0.25, 0.3) is 71.6 Å². The van der Waals surface area contributed by atoms with Crippen molar-refractivity contribution in [2.45, 2.75) is 12.3 Å². The summed E-state index contributed by atoms with van der Waals surface area (Å²) in [7, 11) is 0. The third kappa shape index (κ3) is 6.49. The number of aromatic nitrogens is 1. The molecule has 0 N–H and O–H groups in total. The van der Waals surface area contributed by atoms with Gasteiger partial charge in [-0.15, -0.1) is 0 Å². The normalized spacial score (nSPS) is 13.8. The van der Waals surface area contributed by atoms with Crippen LogP contribution in [-0.4, -0.2) is 4.57 Å². The van der Waals surface area contributed by atoms with Crippen molar-refractivity contribution in [2.75, 3.05) is 4.90 Å². The van der Waals surface area contributed by atoms with Gasteiger partial charge in [-0.1, -0.05) is 176 Å². The van der Waals surface area contributed by atoms with Crippen LogP contribution in [0.4, 0.5) is 11.4 Å². The number of fused-ring (bicyclic) bond motifs is 4. The Morgan fingerprint density at radius 1 is 0.417 bits per heavy atom. The van der Waals surface area contributed by atoms with Gasteiger partial charge in [-0.3, -0.25) is 0 Å².